The van der Waals surface area contributed by atoms with E-state index in [1.165, 1.54) is 0 Å². The second-order valence-corrected chi connectivity index (χ2v) is 4.56. The van der Waals surface area contributed by atoms with Gasteiger partial charge in [0.2, 0.25) is 5.91 Å². The summed E-state index contributed by atoms with van der Waals surface area (Å²) in [6.45, 7) is 0. The minimum absolute atomic E-state index is 0.392. The fraction of sp³-hybridized carbons (Fsp3) is 0.417. The Hall–Kier alpha value is -1.56. The van der Waals surface area contributed by atoms with Gasteiger partial charge in [0.15, 0.2) is 11.6 Å². The topological polar surface area (TPSA) is 55.1 Å². The molecule has 1 fully saturated rings. The van der Waals surface area contributed by atoms with Crippen LogP contribution >= 0.6 is 0 Å². The Kier molecular flexibility index (Phi) is 3.30. The van der Waals surface area contributed by atoms with E-state index in [1.807, 2.05) is 0 Å². The molecule has 2 rings (SSSR count). The maximum Gasteiger partial charge on any atom is 0.244 e. The number of nitrogens with one attached hydrogen (secondary N) is 1. The first-order valence-electron chi connectivity index (χ1n) is 5.67. The highest BCUT2D eigenvalue weighted by atomic mass is 19.2. The summed E-state index contributed by atoms with van der Waals surface area (Å²) in [6, 6.07) is 1.00. The van der Waals surface area contributed by atoms with E-state index in [4.69, 9.17) is 5.73 Å². The highest BCUT2D eigenvalue weighted by Gasteiger charge is 2.37. The molecule has 0 saturated heterocycles. The summed E-state index contributed by atoms with van der Waals surface area (Å²) in [5, 5.41) is 2.22. The van der Waals surface area contributed by atoms with E-state index in [9.17, 15) is 18.0 Å². The molecule has 1 amide bonds. The number of carbonyl (C=O) groups is 1. The number of rotatable bonds is 2. The predicted molar refractivity (Wildman–Crippen MR) is 60.3 cm³/mol. The van der Waals surface area contributed by atoms with E-state index < -0.39 is 34.6 Å². The maximum absolute atomic E-state index is 13.3. The number of benzene rings is 1. The highest BCUT2D eigenvalue weighted by molar-refractivity contribution is 5.98. The molecular weight excluding hydrogens is 245 g/mol. The Morgan fingerprint density at radius 1 is 1.11 bits per heavy atom. The smallest absolute Gasteiger partial charge is 0.244 e. The zero-order valence-corrected chi connectivity index (χ0v) is 9.60. The van der Waals surface area contributed by atoms with Gasteiger partial charge in [-0.25, -0.2) is 13.2 Å². The van der Waals surface area contributed by atoms with E-state index >= 15 is 0 Å². The zero-order valence-electron chi connectivity index (χ0n) is 9.60. The molecule has 6 heteroatoms. The first-order valence-corrected chi connectivity index (χ1v) is 5.67. The van der Waals surface area contributed by atoms with Gasteiger partial charge in [-0.2, -0.15) is 0 Å². The Morgan fingerprint density at radius 3 is 2.28 bits per heavy atom. The van der Waals surface area contributed by atoms with Crippen molar-refractivity contribution >= 4 is 11.6 Å². The second-order valence-electron chi connectivity index (χ2n) is 4.56. The van der Waals surface area contributed by atoms with Gasteiger partial charge >= 0.3 is 0 Å². The Morgan fingerprint density at radius 2 is 1.67 bits per heavy atom. The van der Waals surface area contributed by atoms with Gasteiger partial charge in [-0.05, 0) is 12.8 Å². The fourth-order valence-corrected chi connectivity index (χ4v) is 2.10. The Bertz CT molecular complexity index is 484. The summed E-state index contributed by atoms with van der Waals surface area (Å²) in [7, 11) is 0. The molecule has 0 atom stereocenters. The van der Waals surface area contributed by atoms with Crippen LogP contribution in [0, 0.1) is 17.5 Å². The normalized spacial score (nSPS) is 17.8. The molecule has 1 aliphatic rings. The summed E-state index contributed by atoms with van der Waals surface area (Å²) in [6.07, 6.45) is 2.66. The third-order valence-electron chi connectivity index (χ3n) is 3.21. The van der Waals surface area contributed by atoms with Crippen LogP contribution in [0.5, 0.6) is 0 Å². The molecule has 0 unspecified atom stereocenters. The van der Waals surface area contributed by atoms with E-state index in [-0.39, 0.29) is 0 Å². The first kappa shape index (κ1) is 12.9. The van der Waals surface area contributed by atoms with E-state index in [0.717, 1.165) is 12.8 Å². The molecule has 1 aromatic rings. The molecule has 18 heavy (non-hydrogen) atoms. The van der Waals surface area contributed by atoms with Crippen LogP contribution < -0.4 is 11.1 Å². The van der Waals surface area contributed by atoms with Crippen molar-refractivity contribution in [1.82, 2.24) is 0 Å². The number of hydrogen-bond donors (Lipinski definition) is 2. The van der Waals surface area contributed by atoms with Crippen LogP contribution in [0.15, 0.2) is 12.1 Å². The van der Waals surface area contributed by atoms with Crippen LogP contribution in [0.25, 0.3) is 0 Å². The largest absolute Gasteiger partial charge is 0.322 e. The van der Waals surface area contributed by atoms with Crippen molar-refractivity contribution in [2.45, 2.75) is 31.2 Å². The lowest BCUT2D eigenvalue weighted by Crippen LogP contribution is -2.48. The molecule has 98 valence electrons. The van der Waals surface area contributed by atoms with Gasteiger partial charge in [-0.3, -0.25) is 4.79 Å². The predicted octanol–water partition coefficient (Wildman–Crippen LogP) is 2.31. The van der Waals surface area contributed by atoms with E-state index in [1.54, 1.807) is 0 Å². The third-order valence-corrected chi connectivity index (χ3v) is 3.21. The number of anilines is 1. The van der Waals surface area contributed by atoms with Crippen LogP contribution in [0.4, 0.5) is 18.9 Å². The minimum Gasteiger partial charge on any atom is -0.322 e. The van der Waals surface area contributed by atoms with E-state index in [0.29, 0.717) is 25.0 Å². The van der Waals surface area contributed by atoms with Crippen molar-refractivity contribution < 1.29 is 18.0 Å². The molecule has 0 aliphatic heterocycles. The summed E-state index contributed by atoms with van der Waals surface area (Å²) in [5.41, 5.74) is 4.43. The summed E-state index contributed by atoms with van der Waals surface area (Å²) in [5.74, 6) is -4.10. The number of halogens is 3. The van der Waals surface area contributed by atoms with Crippen LogP contribution in [-0.4, -0.2) is 11.4 Å². The van der Waals surface area contributed by atoms with E-state index in [2.05, 4.69) is 5.32 Å². The number of carbonyl (C=O) groups excluding carboxylic acids is 1. The summed E-state index contributed by atoms with van der Waals surface area (Å²) in [4.78, 5) is 11.9. The summed E-state index contributed by atoms with van der Waals surface area (Å²) >= 11 is 0. The van der Waals surface area contributed by atoms with Gasteiger partial charge in [-0.1, -0.05) is 12.8 Å². The Labute approximate surface area is 102 Å². The van der Waals surface area contributed by atoms with Crippen LogP contribution in [0.2, 0.25) is 0 Å². The van der Waals surface area contributed by atoms with Crippen molar-refractivity contribution in [3.63, 3.8) is 0 Å². The summed E-state index contributed by atoms with van der Waals surface area (Å²) < 4.78 is 39.0. The highest BCUT2D eigenvalue weighted by Crippen LogP contribution is 2.29. The van der Waals surface area contributed by atoms with Gasteiger partial charge in [-0.15, -0.1) is 0 Å². The van der Waals surface area contributed by atoms with Crippen LogP contribution in [-0.2, 0) is 4.79 Å². The third kappa shape index (κ3) is 2.33. The molecule has 0 aromatic heterocycles. The average molecular weight is 258 g/mol. The van der Waals surface area contributed by atoms with Gasteiger partial charge in [0.05, 0.1) is 11.2 Å². The average Bonchev–Trinajstić information content (AvgIpc) is 2.74. The first-order chi connectivity index (χ1) is 8.42. The lowest BCUT2D eigenvalue weighted by Gasteiger charge is -2.22. The van der Waals surface area contributed by atoms with Crippen molar-refractivity contribution in [2.75, 3.05) is 5.32 Å². The number of nitrogens with two attached hydrogens (primary N) is 1. The molecule has 1 aliphatic carbocycles. The quantitative estimate of drug-likeness (QED) is 0.800. The Balaban J connectivity index is 2.19. The minimum atomic E-state index is -1.30. The molecular formula is C12H13F3N2O. The molecule has 3 nitrogen and oxygen atoms in total. The van der Waals surface area contributed by atoms with Crippen LogP contribution in [0.1, 0.15) is 25.7 Å². The van der Waals surface area contributed by atoms with Crippen molar-refractivity contribution in [1.29, 1.82) is 0 Å². The lowest BCUT2D eigenvalue weighted by atomic mass is 9.98. The van der Waals surface area contributed by atoms with Crippen molar-refractivity contribution in [3.05, 3.63) is 29.6 Å². The molecule has 1 saturated carbocycles. The van der Waals surface area contributed by atoms with Crippen molar-refractivity contribution in [2.24, 2.45) is 5.73 Å². The maximum atomic E-state index is 13.3. The van der Waals surface area contributed by atoms with Crippen LogP contribution in [0.3, 0.4) is 0 Å². The number of hydrogen-bond acceptors (Lipinski definition) is 2. The molecule has 1 aromatic carbocycles. The molecule has 0 radical (unpaired) electrons. The fourth-order valence-electron chi connectivity index (χ4n) is 2.10. The van der Waals surface area contributed by atoms with Crippen molar-refractivity contribution in [3.8, 4) is 0 Å². The molecule has 0 heterocycles. The second kappa shape index (κ2) is 4.61. The molecule has 0 spiro atoms. The number of amides is 1. The lowest BCUT2D eigenvalue weighted by molar-refractivity contribution is -0.121. The molecule has 3 N–H and O–H groups in total. The van der Waals surface area contributed by atoms with Gasteiger partial charge in [0.1, 0.15) is 5.82 Å². The zero-order chi connectivity index (χ0) is 13.3. The molecule has 0 bridgehead atoms. The standard InChI is InChI=1S/C12H13F3N2O/c13-7-5-9(15)10(6-8(7)14)17-11(18)12(16)3-1-2-4-12/h5-6H,1-4,16H2,(H,17,18). The van der Waals surface area contributed by atoms with Gasteiger partial charge in [0, 0.05) is 12.1 Å². The SMILES string of the molecule is NC1(C(=O)Nc2cc(F)c(F)cc2F)CCCC1. The van der Waals surface area contributed by atoms with Gasteiger partial charge in [0.25, 0.3) is 0 Å². The monoisotopic (exact) mass is 258 g/mol. The van der Waals surface area contributed by atoms with Gasteiger partial charge < -0.3 is 11.1 Å².